The van der Waals surface area contributed by atoms with Gasteiger partial charge in [0.2, 0.25) is 7.37 Å². The summed E-state index contributed by atoms with van der Waals surface area (Å²) in [6, 6.07) is 0.968. The molecule has 0 atom stereocenters. The molecule has 0 saturated heterocycles. The maximum absolute atomic E-state index is 12.9. The number of unbranched alkanes of at least 4 members (excludes halogenated alkanes) is 2. The minimum Gasteiger partial charge on any atom is -0.443 e. The van der Waals surface area contributed by atoms with Crippen LogP contribution in [0.4, 0.5) is 26.3 Å². The lowest BCUT2D eigenvalue weighted by Crippen LogP contribution is -2.12. The molecule has 9 heteroatoms. The fourth-order valence-corrected chi connectivity index (χ4v) is 4.66. The van der Waals surface area contributed by atoms with Crippen molar-refractivity contribution >= 4 is 7.37 Å². The molecule has 0 saturated carbocycles. The van der Waals surface area contributed by atoms with E-state index >= 15 is 0 Å². The monoisotopic (exact) mass is 390 g/mol. The van der Waals surface area contributed by atoms with Crippen LogP contribution in [-0.2, 0) is 16.9 Å². The van der Waals surface area contributed by atoms with Crippen LogP contribution in [0.25, 0.3) is 0 Å². The van der Waals surface area contributed by atoms with Crippen LogP contribution in [0.3, 0.4) is 0 Å². The molecule has 1 aromatic carbocycles. The molecule has 0 bridgehead atoms. The molecule has 1 aromatic rings. The van der Waals surface area contributed by atoms with Crippen molar-refractivity contribution < 1.29 is 35.4 Å². The minimum absolute atomic E-state index is 0.0237. The molecule has 0 aromatic heterocycles. The molecule has 144 valence electrons. The predicted molar refractivity (Wildman–Crippen MR) is 84.2 cm³/mol. The Morgan fingerprint density at radius 3 is 1.56 bits per heavy atom. The van der Waals surface area contributed by atoms with Gasteiger partial charge < -0.3 is 4.52 Å². The van der Waals surface area contributed by atoms with Crippen LogP contribution in [0.5, 0.6) is 5.75 Å². The zero-order valence-electron chi connectivity index (χ0n) is 14.0. The molecule has 0 radical (unpaired) electrons. The van der Waals surface area contributed by atoms with E-state index < -0.39 is 36.6 Å². The summed E-state index contributed by atoms with van der Waals surface area (Å²) in [5.74, 6) is -0.655. The Labute approximate surface area is 143 Å². The molecule has 0 unspecified atom stereocenters. The first-order valence-electron chi connectivity index (χ1n) is 7.98. The second-order valence-corrected chi connectivity index (χ2v) is 8.51. The van der Waals surface area contributed by atoms with E-state index in [-0.39, 0.29) is 18.4 Å². The third kappa shape index (κ3) is 6.92. The highest BCUT2D eigenvalue weighted by Crippen LogP contribution is 2.50. The average Bonchev–Trinajstić information content (AvgIpc) is 2.49. The van der Waals surface area contributed by atoms with Crippen LogP contribution in [0, 0.1) is 0 Å². The topological polar surface area (TPSA) is 26.3 Å². The summed E-state index contributed by atoms with van der Waals surface area (Å²) in [6.45, 7) is 3.69. The van der Waals surface area contributed by atoms with Gasteiger partial charge >= 0.3 is 12.4 Å². The number of halogens is 6. The zero-order valence-corrected chi connectivity index (χ0v) is 14.9. The number of hydrogen-bond acceptors (Lipinski definition) is 2. The molecule has 0 heterocycles. The Balaban J connectivity index is 3.26. The molecule has 0 spiro atoms. The fraction of sp³-hybridized carbons (Fsp3) is 0.625. The Bertz CT molecular complexity index is 565. The van der Waals surface area contributed by atoms with E-state index in [0.717, 1.165) is 0 Å². The lowest BCUT2D eigenvalue weighted by molar-refractivity contribution is -0.143. The van der Waals surface area contributed by atoms with Gasteiger partial charge in [0, 0.05) is 12.3 Å². The van der Waals surface area contributed by atoms with Crippen LogP contribution in [0.15, 0.2) is 18.2 Å². The van der Waals surface area contributed by atoms with E-state index in [1.165, 1.54) is 0 Å². The van der Waals surface area contributed by atoms with Crippen molar-refractivity contribution in [1.29, 1.82) is 0 Å². The van der Waals surface area contributed by atoms with Gasteiger partial charge in [-0.3, -0.25) is 4.57 Å². The third-order valence-corrected chi connectivity index (χ3v) is 6.08. The first kappa shape index (κ1) is 21.9. The largest absolute Gasteiger partial charge is 0.443 e. The number of rotatable bonds is 8. The van der Waals surface area contributed by atoms with Crippen LogP contribution < -0.4 is 4.52 Å². The summed E-state index contributed by atoms with van der Waals surface area (Å²) in [6.07, 6.45) is -7.25. The SMILES string of the molecule is CCCCP(=O)(CCCC)Oc1cc(C(F)(F)F)cc(C(F)(F)F)c1. The first-order valence-corrected chi connectivity index (χ1v) is 9.98. The molecule has 2 nitrogen and oxygen atoms in total. The molecule has 0 aliphatic rings. The zero-order chi connectivity index (χ0) is 19.3. The second-order valence-electron chi connectivity index (χ2n) is 5.80. The number of hydrogen-bond donors (Lipinski definition) is 0. The van der Waals surface area contributed by atoms with Crippen molar-refractivity contribution in [2.75, 3.05) is 12.3 Å². The van der Waals surface area contributed by atoms with E-state index in [9.17, 15) is 30.9 Å². The molecular weight excluding hydrogens is 369 g/mol. The quantitative estimate of drug-likeness (QED) is 0.354. The summed E-state index contributed by atoms with van der Waals surface area (Å²) >= 11 is 0. The van der Waals surface area contributed by atoms with E-state index in [2.05, 4.69) is 0 Å². The number of alkyl halides is 6. The summed E-state index contributed by atoms with van der Waals surface area (Å²) in [4.78, 5) is 0. The van der Waals surface area contributed by atoms with E-state index in [1.54, 1.807) is 0 Å². The first-order chi connectivity index (χ1) is 11.4. The van der Waals surface area contributed by atoms with Gasteiger partial charge in [-0.2, -0.15) is 26.3 Å². The highest BCUT2D eigenvalue weighted by Gasteiger charge is 2.38. The standard InChI is InChI=1S/C16H21F6O2P/c1-3-5-7-25(23,8-6-4-2)24-14-10-12(15(17,18)19)9-13(11-14)16(20,21)22/h9-11H,3-8H2,1-2H3. The highest BCUT2D eigenvalue weighted by atomic mass is 31.2. The van der Waals surface area contributed by atoms with Crippen molar-refractivity contribution in [2.24, 2.45) is 0 Å². The van der Waals surface area contributed by atoms with Crippen molar-refractivity contribution in [2.45, 2.75) is 51.9 Å². The molecule has 0 amide bonds. The third-order valence-electron chi connectivity index (χ3n) is 3.54. The summed E-state index contributed by atoms with van der Waals surface area (Å²) in [5.41, 5.74) is -2.95. The van der Waals surface area contributed by atoms with E-state index in [0.29, 0.717) is 37.8 Å². The normalized spacial score (nSPS) is 13.1. The lowest BCUT2D eigenvalue weighted by Gasteiger charge is -2.21. The Kier molecular flexibility index (Phi) is 7.41. The van der Waals surface area contributed by atoms with Crippen LogP contribution in [0.2, 0.25) is 0 Å². The highest BCUT2D eigenvalue weighted by molar-refractivity contribution is 7.59. The predicted octanol–water partition coefficient (Wildman–Crippen LogP) is 6.98. The Morgan fingerprint density at radius 1 is 0.840 bits per heavy atom. The van der Waals surface area contributed by atoms with Crippen LogP contribution >= 0.6 is 7.37 Å². The molecule has 0 N–H and O–H groups in total. The van der Waals surface area contributed by atoms with E-state index in [4.69, 9.17) is 4.52 Å². The lowest BCUT2D eigenvalue weighted by atomic mass is 10.1. The maximum atomic E-state index is 12.9. The molecule has 0 aliphatic carbocycles. The smallest absolute Gasteiger partial charge is 0.416 e. The van der Waals surface area contributed by atoms with Gasteiger partial charge in [0.1, 0.15) is 5.75 Å². The van der Waals surface area contributed by atoms with Gasteiger partial charge in [0.05, 0.1) is 11.1 Å². The van der Waals surface area contributed by atoms with Gasteiger partial charge in [-0.1, -0.05) is 26.7 Å². The average molecular weight is 390 g/mol. The molecule has 1 rings (SSSR count). The fourth-order valence-electron chi connectivity index (χ4n) is 2.17. The van der Waals surface area contributed by atoms with E-state index in [1.807, 2.05) is 13.8 Å². The van der Waals surface area contributed by atoms with Crippen LogP contribution in [0.1, 0.15) is 50.7 Å². The molecule has 25 heavy (non-hydrogen) atoms. The van der Waals surface area contributed by atoms with Gasteiger partial charge in [-0.05, 0) is 31.0 Å². The molecule has 0 fully saturated rings. The number of benzene rings is 1. The van der Waals surface area contributed by atoms with Crippen molar-refractivity contribution in [1.82, 2.24) is 0 Å². The Hall–Kier alpha value is -1.17. The van der Waals surface area contributed by atoms with Crippen molar-refractivity contribution in [3.8, 4) is 5.75 Å². The Morgan fingerprint density at radius 2 is 1.24 bits per heavy atom. The summed E-state index contributed by atoms with van der Waals surface area (Å²) in [7, 11) is -3.35. The van der Waals surface area contributed by atoms with Crippen molar-refractivity contribution in [3.05, 3.63) is 29.3 Å². The summed E-state index contributed by atoms with van der Waals surface area (Å²) in [5, 5.41) is 0. The maximum Gasteiger partial charge on any atom is 0.416 e. The van der Waals surface area contributed by atoms with Gasteiger partial charge in [-0.15, -0.1) is 0 Å². The molecule has 0 aliphatic heterocycles. The second kappa shape index (κ2) is 8.47. The van der Waals surface area contributed by atoms with Gasteiger partial charge in [0.25, 0.3) is 0 Å². The minimum atomic E-state index is -4.96. The molecular formula is C16H21F6O2P. The summed E-state index contributed by atoms with van der Waals surface area (Å²) < 4.78 is 95.4. The van der Waals surface area contributed by atoms with Gasteiger partial charge in [-0.25, -0.2) is 0 Å². The van der Waals surface area contributed by atoms with Crippen molar-refractivity contribution in [3.63, 3.8) is 0 Å². The van der Waals surface area contributed by atoms with Gasteiger partial charge in [0.15, 0.2) is 0 Å². The van der Waals surface area contributed by atoms with Crippen LogP contribution in [-0.4, -0.2) is 12.3 Å².